The Balaban J connectivity index is 1.62. The lowest BCUT2D eigenvalue weighted by Crippen LogP contribution is -2.50. The van der Waals surface area contributed by atoms with Crippen LogP contribution in [-0.2, 0) is 11.3 Å². The van der Waals surface area contributed by atoms with Crippen LogP contribution >= 0.6 is 11.3 Å². The standard InChI is InChI=1S/C15H20N2O3S/c1-17(8-11-3-2-6-21-11)15(20)16-13-10-5-4-9(7-10)12(13)14(18)19/h2-3,6,9-10,12-13H,4-5,7-8H2,1H3,(H,16,20)(H,18,19). The Morgan fingerprint density at radius 2 is 2.19 bits per heavy atom. The first-order valence-corrected chi connectivity index (χ1v) is 8.21. The van der Waals surface area contributed by atoms with Crippen LogP contribution in [0.3, 0.4) is 0 Å². The van der Waals surface area contributed by atoms with Gasteiger partial charge in [0, 0.05) is 18.0 Å². The van der Waals surface area contributed by atoms with Crippen molar-refractivity contribution in [1.29, 1.82) is 0 Å². The Hall–Kier alpha value is -1.56. The maximum Gasteiger partial charge on any atom is 0.317 e. The van der Waals surface area contributed by atoms with E-state index in [1.165, 1.54) is 0 Å². The number of thiophene rings is 1. The number of aliphatic carboxylic acids is 1. The van der Waals surface area contributed by atoms with E-state index < -0.39 is 11.9 Å². The highest BCUT2D eigenvalue weighted by atomic mass is 32.1. The van der Waals surface area contributed by atoms with E-state index in [9.17, 15) is 14.7 Å². The zero-order chi connectivity index (χ0) is 15.0. The molecule has 2 saturated carbocycles. The molecule has 1 aromatic heterocycles. The number of nitrogens with one attached hydrogen (secondary N) is 1. The van der Waals surface area contributed by atoms with Gasteiger partial charge in [-0.05, 0) is 42.5 Å². The average Bonchev–Trinajstić information content (AvgIpc) is 3.14. The number of carboxylic acids is 1. The zero-order valence-electron chi connectivity index (χ0n) is 12.0. The quantitative estimate of drug-likeness (QED) is 0.897. The van der Waals surface area contributed by atoms with Gasteiger partial charge >= 0.3 is 12.0 Å². The van der Waals surface area contributed by atoms with Gasteiger partial charge in [0.15, 0.2) is 0 Å². The summed E-state index contributed by atoms with van der Waals surface area (Å²) >= 11 is 1.61. The van der Waals surface area contributed by atoms with Crippen LogP contribution in [-0.4, -0.2) is 35.1 Å². The number of amides is 2. The Bertz CT molecular complexity index is 531. The summed E-state index contributed by atoms with van der Waals surface area (Å²) in [7, 11) is 1.75. The molecule has 0 spiro atoms. The number of carboxylic acid groups (broad SMARTS) is 1. The smallest absolute Gasteiger partial charge is 0.317 e. The number of fused-ring (bicyclic) bond motifs is 2. The van der Waals surface area contributed by atoms with E-state index in [0.29, 0.717) is 12.5 Å². The van der Waals surface area contributed by atoms with Crippen molar-refractivity contribution in [2.45, 2.75) is 31.8 Å². The minimum absolute atomic E-state index is 0.174. The molecule has 2 amide bonds. The third-order valence-corrected chi connectivity index (χ3v) is 5.67. The van der Waals surface area contributed by atoms with E-state index in [2.05, 4.69) is 5.32 Å². The zero-order valence-corrected chi connectivity index (χ0v) is 12.8. The molecule has 2 aliphatic carbocycles. The Labute approximate surface area is 128 Å². The van der Waals surface area contributed by atoms with Crippen molar-refractivity contribution in [2.24, 2.45) is 17.8 Å². The van der Waals surface area contributed by atoms with Crippen molar-refractivity contribution in [3.8, 4) is 0 Å². The normalized spacial score (nSPS) is 30.3. The van der Waals surface area contributed by atoms with Crippen molar-refractivity contribution in [1.82, 2.24) is 10.2 Å². The van der Waals surface area contributed by atoms with Gasteiger partial charge in [-0.25, -0.2) is 4.79 Å². The molecule has 2 fully saturated rings. The van der Waals surface area contributed by atoms with Gasteiger partial charge in [-0.3, -0.25) is 4.79 Å². The molecule has 0 saturated heterocycles. The van der Waals surface area contributed by atoms with Gasteiger partial charge in [0.1, 0.15) is 0 Å². The molecule has 21 heavy (non-hydrogen) atoms. The predicted molar refractivity (Wildman–Crippen MR) is 80.1 cm³/mol. The summed E-state index contributed by atoms with van der Waals surface area (Å²) in [5.41, 5.74) is 0. The van der Waals surface area contributed by atoms with E-state index in [-0.39, 0.29) is 18.0 Å². The molecule has 4 atom stereocenters. The van der Waals surface area contributed by atoms with E-state index in [0.717, 1.165) is 24.1 Å². The van der Waals surface area contributed by atoms with Crippen molar-refractivity contribution in [3.05, 3.63) is 22.4 Å². The molecular formula is C15H20N2O3S. The molecule has 3 rings (SSSR count). The number of carbonyl (C=O) groups is 2. The summed E-state index contributed by atoms with van der Waals surface area (Å²) in [4.78, 5) is 26.5. The molecule has 2 N–H and O–H groups in total. The molecule has 114 valence electrons. The summed E-state index contributed by atoms with van der Waals surface area (Å²) < 4.78 is 0. The molecule has 6 heteroatoms. The fourth-order valence-corrected chi connectivity index (χ4v) is 4.57. The van der Waals surface area contributed by atoms with Crippen molar-refractivity contribution in [2.75, 3.05) is 7.05 Å². The monoisotopic (exact) mass is 308 g/mol. The second-order valence-corrected chi connectivity index (χ2v) is 7.14. The molecule has 0 aromatic carbocycles. The number of urea groups is 1. The Kier molecular flexibility index (Phi) is 3.89. The van der Waals surface area contributed by atoms with Gasteiger partial charge in [0.25, 0.3) is 0 Å². The molecule has 4 unspecified atom stereocenters. The van der Waals surface area contributed by atoms with Crippen molar-refractivity contribution in [3.63, 3.8) is 0 Å². The van der Waals surface area contributed by atoms with Gasteiger partial charge in [-0.2, -0.15) is 0 Å². The van der Waals surface area contributed by atoms with E-state index in [4.69, 9.17) is 0 Å². The summed E-state index contributed by atoms with van der Waals surface area (Å²) in [6.07, 6.45) is 2.96. The molecule has 0 radical (unpaired) electrons. The highest BCUT2D eigenvalue weighted by molar-refractivity contribution is 7.09. The molecule has 2 bridgehead atoms. The van der Waals surface area contributed by atoms with Crippen LogP contribution < -0.4 is 5.32 Å². The van der Waals surface area contributed by atoms with Crippen molar-refractivity contribution < 1.29 is 14.7 Å². The fourth-order valence-electron chi connectivity index (χ4n) is 3.82. The lowest BCUT2D eigenvalue weighted by molar-refractivity contribution is -0.144. The topological polar surface area (TPSA) is 69.6 Å². The number of hydrogen-bond acceptors (Lipinski definition) is 3. The molecule has 1 heterocycles. The van der Waals surface area contributed by atoms with Crippen molar-refractivity contribution >= 4 is 23.3 Å². The van der Waals surface area contributed by atoms with Crippen LogP contribution in [0.15, 0.2) is 17.5 Å². The van der Waals surface area contributed by atoms with E-state index in [1.54, 1.807) is 23.3 Å². The van der Waals surface area contributed by atoms with Gasteiger partial charge < -0.3 is 15.3 Å². The highest BCUT2D eigenvalue weighted by Crippen LogP contribution is 2.48. The minimum atomic E-state index is -0.770. The number of hydrogen-bond donors (Lipinski definition) is 2. The summed E-state index contributed by atoms with van der Waals surface area (Å²) in [5.74, 6) is -0.619. The van der Waals surface area contributed by atoms with Crippen LogP contribution in [0.2, 0.25) is 0 Å². The fraction of sp³-hybridized carbons (Fsp3) is 0.600. The SMILES string of the molecule is CN(Cc1cccs1)C(=O)NC1C2CCC(C2)C1C(=O)O. The van der Waals surface area contributed by atoms with Crippen LogP contribution in [0, 0.1) is 17.8 Å². The lowest BCUT2D eigenvalue weighted by Gasteiger charge is -2.30. The Morgan fingerprint density at radius 1 is 1.43 bits per heavy atom. The first-order valence-electron chi connectivity index (χ1n) is 7.33. The third-order valence-electron chi connectivity index (χ3n) is 4.81. The number of rotatable bonds is 4. The van der Waals surface area contributed by atoms with Gasteiger partial charge in [0.05, 0.1) is 12.5 Å². The molecule has 5 nitrogen and oxygen atoms in total. The van der Waals surface area contributed by atoms with Crippen LogP contribution in [0.5, 0.6) is 0 Å². The molecule has 2 aliphatic rings. The summed E-state index contributed by atoms with van der Waals surface area (Å²) in [6, 6.07) is 3.57. The first kappa shape index (κ1) is 14.4. The molecule has 1 aromatic rings. The van der Waals surface area contributed by atoms with E-state index in [1.807, 2.05) is 17.5 Å². The maximum atomic E-state index is 12.3. The highest BCUT2D eigenvalue weighted by Gasteiger charge is 2.51. The van der Waals surface area contributed by atoms with E-state index >= 15 is 0 Å². The maximum absolute atomic E-state index is 12.3. The van der Waals surface area contributed by atoms with Gasteiger partial charge in [0.2, 0.25) is 0 Å². The predicted octanol–water partition coefficient (Wildman–Crippen LogP) is 2.39. The van der Waals surface area contributed by atoms with Crippen LogP contribution in [0.4, 0.5) is 4.79 Å². The van der Waals surface area contributed by atoms with Gasteiger partial charge in [-0.15, -0.1) is 11.3 Å². The summed E-state index contributed by atoms with van der Waals surface area (Å²) in [5, 5.41) is 14.3. The second-order valence-electron chi connectivity index (χ2n) is 6.11. The van der Waals surface area contributed by atoms with Crippen LogP contribution in [0.1, 0.15) is 24.1 Å². The number of carbonyl (C=O) groups excluding carboxylic acids is 1. The molecule has 0 aliphatic heterocycles. The largest absolute Gasteiger partial charge is 0.481 e. The Morgan fingerprint density at radius 3 is 2.86 bits per heavy atom. The number of nitrogens with zero attached hydrogens (tertiary/aromatic N) is 1. The second kappa shape index (κ2) is 5.67. The molecular weight excluding hydrogens is 288 g/mol. The average molecular weight is 308 g/mol. The van der Waals surface area contributed by atoms with Crippen LogP contribution in [0.25, 0.3) is 0 Å². The third kappa shape index (κ3) is 2.77. The summed E-state index contributed by atoms with van der Waals surface area (Å²) in [6.45, 7) is 0.558. The first-order chi connectivity index (χ1) is 10.1. The van der Waals surface area contributed by atoms with Gasteiger partial charge in [-0.1, -0.05) is 6.07 Å². The lowest BCUT2D eigenvalue weighted by atomic mass is 9.84. The minimum Gasteiger partial charge on any atom is -0.481 e.